The molecule has 1 amide bonds. The van der Waals surface area contributed by atoms with E-state index >= 15 is 0 Å². The highest BCUT2D eigenvalue weighted by atomic mass is 32.2. The van der Waals surface area contributed by atoms with Gasteiger partial charge in [-0.15, -0.1) is 11.8 Å². The molecule has 0 unspecified atom stereocenters. The molecule has 0 atom stereocenters. The summed E-state index contributed by atoms with van der Waals surface area (Å²) in [6.45, 7) is 6.50. The molecule has 0 aliphatic carbocycles. The zero-order chi connectivity index (χ0) is 25.3. The zero-order valence-corrected chi connectivity index (χ0v) is 22.0. The standard InChI is InChI=1S/C27H32N2O4S2/c1-4-33-24-12-10-23(11-13-24)29(35(31,32)26-16-8-22(3)9-17-26)20-27(30)28-18-5-19-34-25-14-6-21(2)7-15-25/h6-17H,4-5,18-20H2,1-3H3,(H,28,30). The minimum atomic E-state index is -3.94. The molecule has 0 aromatic heterocycles. The average molecular weight is 513 g/mol. The van der Waals surface area contributed by atoms with Crippen LogP contribution in [0.5, 0.6) is 5.75 Å². The van der Waals surface area contributed by atoms with Crippen molar-refractivity contribution >= 4 is 33.4 Å². The van der Waals surface area contributed by atoms with Gasteiger partial charge in [0.15, 0.2) is 0 Å². The Labute approximate surface area is 212 Å². The fourth-order valence-corrected chi connectivity index (χ4v) is 5.61. The molecule has 0 bridgehead atoms. The number of ether oxygens (including phenoxy) is 1. The van der Waals surface area contributed by atoms with Crippen LogP contribution in [0.15, 0.2) is 82.6 Å². The number of amides is 1. The molecule has 35 heavy (non-hydrogen) atoms. The number of thioether (sulfide) groups is 1. The molecular weight excluding hydrogens is 480 g/mol. The van der Waals surface area contributed by atoms with Crippen molar-refractivity contribution in [2.45, 2.75) is 37.0 Å². The van der Waals surface area contributed by atoms with Crippen LogP contribution in [-0.4, -0.2) is 39.8 Å². The maximum atomic E-state index is 13.5. The van der Waals surface area contributed by atoms with Crippen molar-refractivity contribution in [2.24, 2.45) is 0 Å². The van der Waals surface area contributed by atoms with Gasteiger partial charge in [0, 0.05) is 11.4 Å². The van der Waals surface area contributed by atoms with E-state index in [4.69, 9.17) is 4.74 Å². The lowest BCUT2D eigenvalue weighted by Gasteiger charge is -2.24. The third-order valence-corrected chi connectivity index (χ3v) is 8.15. The van der Waals surface area contributed by atoms with Crippen molar-refractivity contribution in [1.29, 1.82) is 0 Å². The Bertz CT molecular complexity index is 1190. The number of benzene rings is 3. The second-order valence-corrected chi connectivity index (χ2v) is 11.1. The van der Waals surface area contributed by atoms with Crippen LogP contribution in [0.2, 0.25) is 0 Å². The van der Waals surface area contributed by atoms with E-state index in [1.807, 2.05) is 13.8 Å². The van der Waals surface area contributed by atoms with Crippen molar-refractivity contribution in [3.63, 3.8) is 0 Å². The molecule has 0 aliphatic rings. The van der Waals surface area contributed by atoms with Crippen LogP contribution in [0.4, 0.5) is 5.69 Å². The molecule has 3 aromatic carbocycles. The van der Waals surface area contributed by atoms with Gasteiger partial charge in [0.05, 0.1) is 17.2 Å². The van der Waals surface area contributed by atoms with E-state index in [9.17, 15) is 13.2 Å². The van der Waals surface area contributed by atoms with Crippen LogP contribution in [0.1, 0.15) is 24.5 Å². The maximum absolute atomic E-state index is 13.5. The first kappa shape index (κ1) is 26.6. The van der Waals surface area contributed by atoms with E-state index in [1.165, 1.54) is 10.5 Å². The Morgan fingerprint density at radius 2 is 1.51 bits per heavy atom. The molecule has 3 rings (SSSR count). The summed E-state index contributed by atoms with van der Waals surface area (Å²) in [5, 5.41) is 2.86. The zero-order valence-electron chi connectivity index (χ0n) is 20.4. The first-order valence-corrected chi connectivity index (χ1v) is 14.0. The monoisotopic (exact) mass is 512 g/mol. The lowest BCUT2D eigenvalue weighted by molar-refractivity contribution is -0.119. The van der Waals surface area contributed by atoms with Gasteiger partial charge >= 0.3 is 0 Å². The van der Waals surface area contributed by atoms with E-state index in [2.05, 4.69) is 36.5 Å². The smallest absolute Gasteiger partial charge is 0.264 e. The molecule has 8 heteroatoms. The second kappa shape index (κ2) is 12.7. The Morgan fingerprint density at radius 1 is 0.914 bits per heavy atom. The van der Waals surface area contributed by atoms with Crippen LogP contribution in [-0.2, 0) is 14.8 Å². The van der Waals surface area contributed by atoms with Crippen molar-refractivity contribution in [1.82, 2.24) is 5.32 Å². The summed E-state index contributed by atoms with van der Waals surface area (Å²) >= 11 is 1.73. The summed E-state index contributed by atoms with van der Waals surface area (Å²) in [5.41, 5.74) is 2.58. The third kappa shape index (κ3) is 7.77. The van der Waals surface area contributed by atoms with Crippen LogP contribution in [0, 0.1) is 13.8 Å². The SMILES string of the molecule is CCOc1ccc(N(CC(=O)NCCCSc2ccc(C)cc2)S(=O)(=O)c2ccc(C)cc2)cc1. The molecule has 6 nitrogen and oxygen atoms in total. The van der Waals surface area contributed by atoms with Crippen LogP contribution in [0.3, 0.4) is 0 Å². The maximum Gasteiger partial charge on any atom is 0.264 e. The van der Waals surface area contributed by atoms with Gasteiger partial charge in [-0.25, -0.2) is 8.42 Å². The average Bonchev–Trinajstić information content (AvgIpc) is 2.84. The molecular formula is C27H32N2O4S2. The molecule has 0 saturated heterocycles. The Hall–Kier alpha value is -2.97. The Kier molecular flexibility index (Phi) is 9.63. The number of nitrogens with one attached hydrogen (secondary N) is 1. The number of hydrogen-bond acceptors (Lipinski definition) is 5. The van der Waals surface area contributed by atoms with Crippen molar-refractivity contribution in [2.75, 3.05) is 29.8 Å². The van der Waals surface area contributed by atoms with Gasteiger partial charge in [-0.1, -0.05) is 35.4 Å². The Balaban J connectivity index is 1.66. The summed E-state index contributed by atoms with van der Waals surface area (Å²) in [4.78, 5) is 14.1. The molecule has 0 fully saturated rings. The largest absolute Gasteiger partial charge is 0.494 e. The van der Waals surface area contributed by atoms with Crippen molar-refractivity contribution in [3.05, 3.63) is 83.9 Å². The molecule has 0 aliphatic heterocycles. The number of sulfonamides is 1. The fraction of sp³-hybridized carbons (Fsp3) is 0.296. The normalized spacial score (nSPS) is 11.2. The summed E-state index contributed by atoms with van der Waals surface area (Å²) in [7, 11) is -3.94. The number of rotatable bonds is 12. The predicted octanol–water partition coefficient (Wildman–Crippen LogP) is 5.20. The molecule has 0 heterocycles. The van der Waals surface area contributed by atoms with Crippen molar-refractivity contribution in [3.8, 4) is 5.75 Å². The van der Waals surface area contributed by atoms with E-state index in [-0.39, 0.29) is 17.3 Å². The number of carbonyl (C=O) groups is 1. The number of nitrogens with zero attached hydrogens (tertiary/aromatic N) is 1. The van der Waals surface area contributed by atoms with Gasteiger partial charge in [0.25, 0.3) is 10.0 Å². The first-order chi connectivity index (χ1) is 16.8. The van der Waals surface area contributed by atoms with Gasteiger partial charge in [-0.2, -0.15) is 0 Å². The molecule has 0 saturated carbocycles. The highest BCUT2D eigenvalue weighted by Gasteiger charge is 2.27. The molecule has 0 spiro atoms. The minimum absolute atomic E-state index is 0.138. The lowest BCUT2D eigenvalue weighted by atomic mass is 10.2. The predicted molar refractivity (Wildman–Crippen MR) is 143 cm³/mol. The second-order valence-electron chi connectivity index (χ2n) is 8.12. The van der Waals surface area contributed by atoms with Gasteiger partial charge in [-0.3, -0.25) is 9.10 Å². The van der Waals surface area contributed by atoms with Crippen LogP contribution in [0.25, 0.3) is 0 Å². The highest BCUT2D eigenvalue weighted by Crippen LogP contribution is 2.26. The summed E-state index contributed by atoms with van der Waals surface area (Å²) in [5.74, 6) is 1.14. The first-order valence-electron chi connectivity index (χ1n) is 11.6. The van der Waals surface area contributed by atoms with E-state index in [1.54, 1.807) is 60.3 Å². The summed E-state index contributed by atoms with van der Waals surface area (Å²) < 4.78 is 33.5. The van der Waals surface area contributed by atoms with Crippen LogP contribution >= 0.6 is 11.8 Å². The minimum Gasteiger partial charge on any atom is -0.494 e. The molecule has 186 valence electrons. The van der Waals surface area contributed by atoms with Crippen LogP contribution < -0.4 is 14.4 Å². The van der Waals surface area contributed by atoms with Crippen molar-refractivity contribution < 1.29 is 17.9 Å². The summed E-state index contributed by atoms with van der Waals surface area (Å²) in [6.07, 6.45) is 0.776. The van der Waals surface area contributed by atoms with Gasteiger partial charge < -0.3 is 10.1 Å². The molecule has 0 radical (unpaired) electrons. The van der Waals surface area contributed by atoms with Gasteiger partial charge in [-0.05, 0) is 81.5 Å². The molecule has 1 N–H and O–H groups in total. The quantitative estimate of drug-likeness (QED) is 0.267. The lowest BCUT2D eigenvalue weighted by Crippen LogP contribution is -2.41. The number of hydrogen-bond donors (Lipinski definition) is 1. The van der Waals surface area contributed by atoms with E-state index in [0.29, 0.717) is 24.6 Å². The summed E-state index contributed by atoms with van der Waals surface area (Å²) in [6, 6.07) is 21.7. The third-order valence-electron chi connectivity index (χ3n) is 5.26. The van der Waals surface area contributed by atoms with Gasteiger partial charge in [0.1, 0.15) is 12.3 Å². The highest BCUT2D eigenvalue weighted by molar-refractivity contribution is 7.99. The van der Waals surface area contributed by atoms with E-state index < -0.39 is 10.0 Å². The number of anilines is 1. The number of carbonyl (C=O) groups excluding carboxylic acids is 1. The number of aryl methyl sites for hydroxylation is 2. The Morgan fingerprint density at radius 3 is 2.11 bits per heavy atom. The molecule has 3 aromatic rings. The van der Waals surface area contributed by atoms with Gasteiger partial charge in [0.2, 0.25) is 5.91 Å². The topological polar surface area (TPSA) is 75.7 Å². The van der Waals surface area contributed by atoms with E-state index in [0.717, 1.165) is 22.0 Å². The fourth-order valence-electron chi connectivity index (χ4n) is 3.34.